The molecule has 6 rings (SSSR count). The number of benzene rings is 1. The van der Waals surface area contributed by atoms with Crippen molar-refractivity contribution in [3.05, 3.63) is 35.2 Å². The van der Waals surface area contributed by atoms with Crippen molar-refractivity contribution in [2.75, 3.05) is 0 Å². The second kappa shape index (κ2) is 11.9. The van der Waals surface area contributed by atoms with Crippen molar-refractivity contribution in [3.8, 4) is 0 Å². The molecule has 1 heterocycles. The Balaban J connectivity index is 1.06. The monoisotopic (exact) mass is 593 g/mol. The summed E-state index contributed by atoms with van der Waals surface area (Å²) in [5, 5.41) is 26.3. The van der Waals surface area contributed by atoms with E-state index in [1.807, 2.05) is 12.1 Å². The number of fused-ring (bicyclic) bond motifs is 6. The Morgan fingerprint density at radius 2 is 1.79 bits per heavy atom. The van der Waals surface area contributed by atoms with E-state index < -0.39 is 12.0 Å². The van der Waals surface area contributed by atoms with Gasteiger partial charge in [0.25, 0.3) is 0 Å². The standard InChI is InChI=1S/C36H51NO4S/c1-22(8-13-33(39)37-25(20-34(40)41)18-23-21-42-32-7-5-4-6-27(23)32)29-11-12-30-28-10-9-24-19-26(38)14-16-35(24,2)31(28)15-17-36(29,30)3/h4-7,21-22,24-26,28-31,38H,8-20H2,1-3H3,(H,37,39)(H,40,41)/t22-,24-,25+,26-,28+,29-,30+,31+,35+,36-/m1/s1. The molecule has 0 aliphatic heterocycles. The lowest BCUT2D eigenvalue weighted by Gasteiger charge is -2.61. The summed E-state index contributed by atoms with van der Waals surface area (Å²) in [5.41, 5.74) is 1.89. The van der Waals surface area contributed by atoms with Crippen LogP contribution in [-0.4, -0.2) is 34.2 Å². The van der Waals surface area contributed by atoms with Crippen LogP contribution < -0.4 is 5.32 Å². The van der Waals surface area contributed by atoms with Gasteiger partial charge in [-0.25, -0.2) is 0 Å². The van der Waals surface area contributed by atoms with Gasteiger partial charge in [0.15, 0.2) is 0 Å². The lowest BCUT2D eigenvalue weighted by Crippen LogP contribution is -2.54. The third kappa shape index (κ3) is 5.56. The molecule has 1 amide bonds. The molecule has 0 bridgehead atoms. The van der Waals surface area contributed by atoms with Crippen LogP contribution in [0.4, 0.5) is 0 Å². The van der Waals surface area contributed by atoms with Gasteiger partial charge in [-0.3, -0.25) is 9.59 Å². The first-order valence-corrected chi connectivity index (χ1v) is 17.6. The summed E-state index contributed by atoms with van der Waals surface area (Å²) in [5.74, 6) is 3.38. The van der Waals surface area contributed by atoms with E-state index in [9.17, 15) is 19.8 Å². The van der Waals surface area contributed by atoms with Gasteiger partial charge in [0.1, 0.15) is 0 Å². The van der Waals surface area contributed by atoms with Gasteiger partial charge >= 0.3 is 5.97 Å². The molecule has 3 N–H and O–H groups in total. The van der Waals surface area contributed by atoms with Gasteiger partial charge in [-0.05, 0) is 139 Å². The van der Waals surface area contributed by atoms with Gasteiger partial charge in [-0.1, -0.05) is 39.0 Å². The van der Waals surface area contributed by atoms with E-state index in [2.05, 4.69) is 43.6 Å². The molecule has 1 aromatic heterocycles. The molecule has 0 radical (unpaired) electrons. The van der Waals surface area contributed by atoms with Crippen LogP contribution in [0.3, 0.4) is 0 Å². The van der Waals surface area contributed by atoms with E-state index in [0.717, 1.165) is 48.0 Å². The number of thiophene rings is 1. The van der Waals surface area contributed by atoms with Gasteiger partial charge in [-0.2, -0.15) is 0 Å². The number of carboxylic acid groups (broad SMARTS) is 1. The van der Waals surface area contributed by atoms with Crippen LogP contribution in [0.25, 0.3) is 10.1 Å². The molecular formula is C36H51NO4S. The predicted octanol–water partition coefficient (Wildman–Crippen LogP) is 7.84. The van der Waals surface area contributed by atoms with Crippen molar-refractivity contribution in [2.24, 2.45) is 46.3 Å². The zero-order valence-corrected chi connectivity index (χ0v) is 26.6. The average molecular weight is 594 g/mol. The Hall–Kier alpha value is -1.92. The summed E-state index contributed by atoms with van der Waals surface area (Å²) in [6.45, 7) is 7.51. The zero-order valence-electron chi connectivity index (χ0n) is 25.8. The Morgan fingerprint density at radius 3 is 2.60 bits per heavy atom. The first kappa shape index (κ1) is 30.1. The van der Waals surface area contributed by atoms with Gasteiger partial charge in [0, 0.05) is 17.2 Å². The maximum atomic E-state index is 13.2. The summed E-state index contributed by atoms with van der Waals surface area (Å²) in [6.07, 6.45) is 12.8. The molecule has 0 spiro atoms. The topological polar surface area (TPSA) is 86.6 Å². The highest BCUT2D eigenvalue weighted by molar-refractivity contribution is 7.17. The lowest BCUT2D eigenvalue weighted by molar-refractivity contribution is -0.137. The number of aliphatic hydroxyl groups excluding tert-OH is 1. The quantitative estimate of drug-likeness (QED) is 0.276. The smallest absolute Gasteiger partial charge is 0.305 e. The molecule has 4 aliphatic rings. The SMILES string of the molecule is C[C@H](CCC(=O)N[C@H](CC(=O)O)Cc1csc2ccccc12)[C@H]1CC[C@H]2[C@@H]3CC[C@@H]4C[C@H](O)CC[C@]4(C)[C@H]3CC[C@]12C. The maximum Gasteiger partial charge on any atom is 0.305 e. The van der Waals surface area contributed by atoms with Gasteiger partial charge in [0.2, 0.25) is 5.91 Å². The van der Waals surface area contributed by atoms with Crippen molar-refractivity contribution in [3.63, 3.8) is 0 Å². The maximum absolute atomic E-state index is 13.2. The van der Waals surface area contributed by atoms with E-state index in [1.165, 1.54) is 49.6 Å². The molecule has 4 fully saturated rings. The summed E-state index contributed by atoms with van der Waals surface area (Å²) in [4.78, 5) is 24.8. The summed E-state index contributed by atoms with van der Waals surface area (Å²) < 4.78 is 1.19. The van der Waals surface area contributed by atoms with Crippen LogP contribution in [0.5, 0.6) is 0 Å². The molecule has 4 saturated carbocycles. The molecule has 0 saturated heterocycles. The molecule has 42 heavy (non-hydrogen) atoms. The normalized spacial score (nSPS) is 37.3. The van der Waals surface area contributed by atoms with Crippen molar-refractivity contribution < 1.29 is 19.8 Å². The second-order valence-electron chi connectivity index (χ2n) is 15.2. The Bertz CT molecular complexity index is 1290. The summed E-state index contributed by atoms with van der Waals surface area (Å²) >= 11 is 1.67. The first-order valence-electron chi connectivity index (χ1n) is 16.7. The van der Waals surface area contributed by atoms with Crippen LogP contribution in [0.2, 0.25) is 0 Å². The van der Waals surface area contributed by atoms with E-state index in [-0.39, 0.29) is 18.4 Å². The Morgan fingerprint density at radius 1 is 1.02 bits per heavy atom. The fraction of sp³-hybridized carbons (Fsp3) is 0.722. The first-order chi connectivity index (χ1) is 20.1. The third-order valence-corrected chi connectivity index (χ3v) is 14.1. The number of carbonyl (C=O) groups is 2. The number of hydrogen-bond acceptors (Lipinski definition) is 4. The molecule has 4 aliphatic carbocycles. The summed E-state index contributed by atoms with van der Waals surface area (Å²) in [6, 6.07) is 7.80. The lowest BCUT2D eigenvalue weighted by atomic mass is 9.44. The number of carbonyl (C=O) groups excluding carboxylic acids is 1. The Labute approximate surface area is 255 Å². The highest BCUT2D eigenvalue weighted by Gasteiger charge is 2.60. The molecule has 0 unspecified atom stereocenters. The van der Waals surface area contributed by atoms with Crippen LogP contribution >= 0.6 is 11.3 Å². The second-order valence-corrected chi connectivity index (χ2v) is 16.1. The minimum Gasteiger partial charge on any atom is -0.481 e. The number of aliphatic carboxylic acids is 1. The van der Waals surface area contributed by atoms with Gasteiger partial charge in [-0.15, -0.1) is 11.3 Å². The molecule has 10 atom stereocenters. The predicted molar refractivity (Wildman–Crippen MR) is 169 cm³/mol. The average Bonchev–Trinajstić information content (AvgIpc) is 3.52. The van der Waals surface area contributed by atoms with Gasteiger partial charge < -0.3 is 15.5 Å². The molecule has 2 aromatic rings. The minimum absolute atomic E-state index is 0.0122. The number of hydrogen-bond donors (Lipinski definition) is 3. The van der Waals surface area contributed by atoms with E-state index >= 15 is 0 Å². The van der Waals surface area contributed by atoms with E-state index in [0.29, 0.717) is 41.4 Å². The number of rotatable bonds is 9. The van der Waals surface area contributed by atoms with Crippen molar-refractivity contribution >= 4 is 33.3 Å². The highest BCUT2D eigenvalue weighted by atomic mass is 32.1. The van der Waals surface area contributed by atoms with Crippen molar-refractivity contribution in [1.82, 2.24) is 5.32 Å². The largest absolute Gasteiger partial charge is 0.481 e. The molecule has 6 heteroatoms. The van der Waals surface area contributed by atoms with E-state index in [4.69, 9.17) is 0 Å². The highest BCUT2D eigenvalue weighted by Crippen LogP contribution is 2.68. The number of amides is 1. The van der Waals surface area contributed by atoms with Crippen molar-refractivity contribution in [1.29, 1.82) is 0 Å². The fourth-order valence-electron chi connectivity index (χ4n) is 10.9. The molecule has 230 valence electrons. The fourth-order valence-corrected chi connectivity index (χ4v) is 11.9. The zero-order chi connectivity index (χ0) is 29.6. The minimum atomic E-state index is -0.874. The molecule has 1 aromatic carbocycles. The number of nitrogens with one attached hydrogen (secondary N) is 1. The molecular weight excluding hydrogens is 542 g/mol. The van der Waals surface area contributed by atoms with Crippen LogP contribution in [0.1, 0.15) is 103 Å². The van der Waals surface area contributed by atoms with Crippen LogP contribution in [-0.2, 0) is 16.0 Å². The van der Waals surface area contributed by atoms with E-state index in [1.54, 1.807) is 11.3 Å². The number of carboxylic acids is 1. The van der Waals surface area contributed by atoms with Crippen LogP contribution in [0, 0.1) is 46.3 Å². The summed E-state index contributed by atoms with van der Waals surface area (Å²) in [7, 11) is 0. The van der Waals surface area contributed by atoms with Gasteiger partial charge in [0.05, 0.1) is 12.5 Å². The Kier molecular flexibility index (Phi) is 8.52. The van der Waals surface area contributed by atoms with Crippen LogP contribution in [0.15, 0.2) is 29.6 Å². The van der Waals surface area contributed by atoms with Crippen molar-refractivity contribution in [2.45, 2.75) is 116 Å². The third-order valence-electron chi connectivity index (χ3n) is 13.0. The molecule has 5 nitrogen and oxygen atoms in total. The number of aliphatic hydroxyl groups is 1.